The van der Waals surface area contributed by atoms with Crippen molar-refractivity contribution in [2.75, 3.05) is 0 Å². The summed E-state index contributed by atoms with van der Waals surface area (Å²) in [6.45, 7) is 2.20. The zero-order chi connectivity index (χ0) is 10.6. The maximum Gasteiger partial charge on any atom is 0.328 e. The molecule has 0 aliphatic heterocycles. The van der Waals surface area contributed by atoms with E-state index >= 15 is 0 Å². The van der Waals surface area contributed by atoms with Gasteiger partial charge < -0.3 is 5.11 Å². The van der Waals surface area contributed by atoms with Crippen LogP contribution in [0.3, 0.4) is 0 Å². The highest BCUT2D eigenvalue weighted by Gasteiger charge is 1.86. The Bertz CT molecular complexity index is 192. The maximum absolute atomic E-state index is 10.1. The fourth-order valence-corrected chi connectivity index (χ4v) is 1.18. The van der Waals surface area contributed by atoms with Crippen LogP contribution in [0.5, 0.6) is 0 Å². The van der Waals surface area contributed by atoms with Crippen molar-refractivity contribution in [3.8, 4) is 0 Å². The number of aliphatic carboxylic acids is 1. The summed E-state index contributed by atoms with van der Waals surface area (Å²) in [7, 11) is 0. The van der Waals surface area contributed by atoms with Crippen molar-refractivity contribution in [2.45, 2.75) is 45.4 Å². The number of unbranched alkanes of at least 4 members (excludes halogenated alkanes) is 5. The first kappa shape index (κ1) is 12.9. The molecule has 0 aromatic heterocycles. The molecule has 0 aliphatic rings. The van der Waals surface area contributed by atoms with Gasteiger partial charge in [-0.3, -0.25) is 0 Å². The monoisotopic (exact) mass is 196 g/mol. The van der Waals surface area contributed by atoms with E-state index in [9.17, 15) is 4.79 Å². The third-order valence-electron chi connectivity index (χ3n) is 1.96. The van der Waals surface area contributed by atoms with E-state index in [1.54, 1.807) is 12.2 Å². The maximum atomic E-state index is 10.1. The Morgan fingerprint density at radius 2 is 1.86 bits per heavy atom. The summed E-state index contributed by atoms with van der Waals surface area (Å²) < 4.78 is 0. The van der Waals surface area contributed by atoms with Crippen LogP contribution >= 0.6 is 0 Å². The molecule has 0 aliphatic carbocycles. The number of hydrogen-bond donors (Lipinski definition) is 1. The predicted molar refractivity (Wildman–Crippen MR) is 59.3 cm³/mol. The second kappa shape index (κ2) is 10.0. The number of carboxylic acids is 1. The van der Waals surface area contributed by atoms with Crippen LogP contribution in [0, 0.1) is 0 Å². The minimum Gasteiger partial charge on any atom is -0.478 e. The van der Waals surface area contributed by atoms with E-state index in [0.717, 1.165) is 12.5 Å². The summed E-state index contributed by atoms with van der Waals surface area (Å²) >= 11 is 0. The zero-order valence-electron chi connectivity index (χ0n) is 8.91. The lowest BCUT2D eigenvalue weighted by Gasteiger charge is -1.95. The van der Waals surface area contributed by atoms with Gasteiger partial charge in [0.15, 0.2) is 0 Å². The van der Waals surface area contributed by atoms with Crippen molar-refractivity contribution in [3.63, 3.8) is 0 Å². The number of hydrogen-bond acceptors (Lipinski definition) is 1. The summed E-state index contributed by atoms with van der Waals surface area (Å²) in [4.78, 5) is 10.1. The van der Waals surface area contributed by atoms with Crippen LogP contribution < -0.4 is 0 Å². The molecule has 1 N–H and O–H groups in total. The topological polar surface area (TPSA) is 37.3 Å². The number of allylic oxidation sites excluding steroid dienone is 3. The fraction of sp³-hybridized carbons (Fsp3) is 0.583. The van der Waals surface area contributed by atoms with Crippen molar-refractivity contribution in [1.82, 2.24) is 0 Å². The first-order chi connectivity index (χ1) is 6.77. The highest BCUT2D eigenvalue weighted by molar-refractivity contribution is 5.80. The third kappa shape index (κ3) is 11.0. The predicted octanol–water partition coefficient (Wildman–Crippen LogP) is 3.54. The van der Waals surface area contributed by atoms with Gasteiger partial charge in [-0.1, -0.05) is 50.8 Å². The molecule has 80 valence electrons. The van der Waals surface area contributed by atoms with Crippen molar-refractivity contribution >= 4 is 5.97 Å². The van der Waals surface area contributed by atoms with Gasteiger partial charge in [0.1, 0.15) is 0 Å². The van der Waals surface area contributed by atoms with Crippen molar-refractivity contribution in [2.24, 2.45) is 0 Å². The molecule has 0 fully saturated rings. The average Bonchev–Trinajstić information content (AvgIpc) is 2.15. The third-order valence-corrected chi connectivity index (χ3v) is 1.96. The summed E-state index contributed by atoms with van der Waals surface area (Å²) in [6.07, 6.45) is 14.0. The second-order valence-electron chi connectivity index (χ2n) is 3.33. The van der Waals surface area contributed by atoms with E-state index < -0.39 is 5.97 Å². The normalized spacial score (nSPS) is 11.5. The van der Waals surface area contributed by atoms with E-state index in [2.05, 4.69) is 6.92 Å². The quantitative estimate of drug-likeness (QED) is 0.366. The Balaban J connectivity index is 3.23. The molecule has 0 saturated carbocycles. The Hall–Kier alpha value is -1.05. The van der Waals surface area contributed by atoms with Crippen LogP contribution in [0.15, 0.2) is 24.3 Å². The van der Waals surface area contributed by atoms with Gasteiger partial charge in [-0.25, -0.2) is 4.79 Å². The average molecular weight is 196 g/mol. The smallest absolute Gasteiger partial charge is 0.328 e. The lowest BCUT2D eigenvalue weighted by Crippen LogP contribution is -1.84. The molecule has 0 spiro atoms. The second-order valence-corrected chi connectivity index (χ2v) is 3.33. The molecule has 0 unspecified atom stereocenters. The Morgan fingerprint density at radius 1 is 1.14 bits per heavy atom. The van der Waals surface area contributed by atoms with Crippen LogP contribution in [0.25, 0.3) is 0 Å². The van der Waals surface area contributed by atoms with Gasteiger partial charge in [-0.2, -0.15) is 0 Å². The molecule has 0 amide bonds. The largest absolute Gasteiger partial charge is 0.478 e. The highest BCUT2D eigenvalue weighted by Crippen LogP contribution is 2.05. The summed E-state index contributed by atoms with van der Waals surface area (Å²) in [5.74, 6) is -0.891. The van der Waals surface area contributed by atoms with Crippen molar-refractivity contribution in [1.29, 1.82) is 0 Å². The van der Waals surface area contributed by atoms with Gasteiger partial charge in [0, 0.05) is 6.08 Å². The first-order valence-corrected chi connectivity index (χ1v) is 5.33. The van der Waals surface area contributed by atoms with Crippen molar-refractivity contribution < 1.29 is 9.90 Å². The molecule has 0 bridgehead atoms. The number of carboxylic acid groups (broad SMARTS) is 1. The molecular weight excluding hydrogens is 176 g/mol. The molecule has 0 saturated heterocycles. The van der Waals surface area contributed by atoms with Crippen LogP contribution in [-0.2, 0) is 4.79 Å². The molecule has 0 rings (SSSR count). The van der Waals surface area contributed by atoms with Crippen LogP contribution in [0.4, 0.5) is 0 Å². The van der Waals surface area contributed by atoms with Gasteiger partial charge in [0.2, 0.25) is 0 Å². The summed E-state index contributed by atoms with van der Waals surface area (Å²) in [5, 5.41) is 8.29. The van der Waals surface area contributed by atoms with Gasteiger partial charge in [-0.05, 0) is 12.8 Å². The van der Waals surface area contributed by atoms with Gasteiger partial charge >= 0.3 is 5.97 Å². The van der Waals surface area contributed by atoms with Gasteiger partial charge in [0.25, 0.3) is 0 Å². The molecule has 0 aromatic carbocycles. The highest BCUT2D eigenvalue weighted by atomic mass is 16.4. The molecule has 0 aromatic rings. The molecule has 0 radical (unpaired) electrons. The first-order valence-electron chi connectivity index (χ1n) is 5.33. The van der Waals surface area contributed by atoms with E-state index in [-0.39, 0.29) is 0 Å². The zero-order valence-corrected chi connectivity index (χ0v) is 8.91. The van der Waals surface area contributed by atoms with Gasteiger partial charge in [0.05, 0.1) is 0 Å². The van der Waals surface area contributed by atoms with Crippen molar-refractivity contribution in [3.05, 3.63) is 24.3 Å². The van der Waals surface area contributed by atoms with Crippen LogP contribution in [0.1, 0.15) is 45.4 Å². The van der Waals surface area contributed by atoms with E-state index in [0.29, 0.717) is 0 Å². The molecular formula is C12H20O2. The molecule has 14 heavy (non-hydrogen) atoms. The van der Waals surface area contributed by atoms with Crippen LogP contribution in [0.2, 0.25) is 0 Å². The SMILES string of the molecule is CCCCCCCC=C/C=C\C(=O)O. The van der Waals surface area contributed by atoms with E-state index in [4.69, 9.17) is 5.11 Å². The fourth-order valence-electron chi connectivity index (χ4n) is 1.18. The molecule has 0 atom stereocenters. The Labute approximate surface area is 86.3 Å². The number of carbonyl (C=O) groups is 1. The van der Waals surface area contributed by atoms with E-state index in [1.165, 1.54) is 32.1 Å². The van der Waals surface area contributed by atoms with Gasteiger partial charge in [-0.15, -0.1) is 0 Å². The Kier molecular flexibility index (Phi) is 9.28. The Morgan fingerprint density at radius 3 is 2.50 bits per heavy atom. The molecule has 2 heteroatoms. The van der Waals surface area contributed by atoms with Crippen LogP contribution in [-0.4, -0.2) is 11.1 Å². The minimum atomic E-state index is -0.891. The lowest BCUT2D eigenvalue weighted by molar-refractivity contribution is -0.131. The number of rotatable bonds is 8. The summed E-state index contributed by atoms with van der Waals surface area (Å²) in [6, 6.07) is 0. The lowest BCUT2D eigenvalue weighted by atomic mass is 10.1. The standard InChI is InChI=1S/C12H20O2/c1-2-3-4-5-6-7-8-9-10-11-12(13)14/h8-11H,2-7H2,1H3,(H,13,14)/b9-8?,11-10-. The molecule has 0 heterocycles. The van der Waals surface area contributed by atoms with E-state index in [1.807, 2.05) is 6.08 Å². The summed E-state index contributed by atoms with van der Waals surface area (Å²) in [5.41, 5.74) is 0. The molecule has 2 nitrogen and oxygen atoms in total. The minimum absolute atomic E-state index is 0.891.